The van der Waals surface area contributed by atoms with Crippen LogP contribution in [0.4, 0.5) is 0 Å². The minimum Gasteiger partial charge on any atom is -0.310 e. The summed E-state index contributed by atoms with van der Waals surface area (Å²) in [7, 11) is 1.88. The molecule has 1 unspecified atom stereocenters. The van der Waals surface area contributed by atoms with Crippen molar-refractivity contribution in [2.24, 2.45) is 7.05 Å². The number of aromatic nitrogens is 4. The van der Waals surface area contributed by atoms with Crippen LogP contribution in [0, 0.1) is 0 Å². The fraction of sp³-hybridized carbons (Fsp3) is 0.462. The first-order valence-electron chi connectivity index (χ1n) is 6.42. The third-order valence-electron chi connectivity index (χ3n) is 2.83. The van der Waals surface area contributed by atoms with Crippen molar-refractivity contribution in [2.45, 2.75) is 36.5 Å². The largest absolute Gasteiger partial charge is 0.310 e. The minimum atomic E-state index is 0.335. The molecule has 2 rings (SSSR count). The summed E-state index contributed by atoms with van der Waals surface area (Å²) in [6, 6.07) is 4.49. The average Bonchev–Trinajstić information content (AvgIpc) is 2.82. The molecule has 0 spiro atoms. The lowest BCUT2D eigenvalue weighted by molar-refractivity contribution is 0.569. The lowest BCUT2D eigenvalue weighted by atomic mass is 10.1. The standard InChI is InChI=1S/C13H19N5S/c1-4-6-14-10(2)11-5-7-15-12(8-11)19-13-16-9-17-18(13)3/h5,7-10,14H,4,6H2,1-3H3. The normalized spacial score (nSPS) is 12.6. The lowest BCUT2D eigenvalue weighted by Crippen LogP contribution is -2.19. The van der Waals surface area contributed by atoms with Gasteiger partial charge in [0.1, 0.15) is 11.4 Å². The SMILES string of the molecule is CCCNC(C)c1ccnc(Sc2ncnn2C)c1. The molecular formula is C13H19N5S. The van der Waals surface area contributed by atoms with E-state index in [2.05, 4.69) is 40.3 Å². The van der Waals surface area contributed by atoms with Crippen LogP contribution in [0.25, 0.3) is 0 Å². The van der Waals surface area contributed by atoms with E-state index < -0.39 is 0 Å². The summed E-state index contributed by atoms with van der Waals surface area (Å²) in [4.78, 5) is 8.57. The predicted molar refractivity (Wildman–Crippen MR) is 76.1 cm³/mol. The number of nitrogens with one attached hydrogen (secondary N) is 1. The number of hydrogen-bond donors (Lipinski definition) is 1. The molecule has 0 saturated carbocycles. The third kappa shape index (κ3) is 3.78. The van der Waals surface area contributed by atoms with Crippen molar-refractivity contribution >= 4 is 11.8 Å². The molecule has 0 saturated heterocycles. The molecule has 6 heteroatoms. The summed E-state index contributed by atoms with van der Waals surface area (Å²) in [6.45, 7) is 5.36. The molecule has 0 aliphatic rings. The summed E-state index contributed by atoms with van der Waals surface area (Å²) in [6.07, 6.45) is 4.53. The zero-order chi connectivity index (χ0) is 13.7. The molecule has 0 aromatic carbocycles. The van der Waals surface area contributed by atoms with E-state index >= 15 is 0 Å². The third-order valence-corrected chi connectivity index (χ3v) is 3.81. The fourth-order valence-electron chi connectivity index (χ4n) is 1.70. The minimum absolute atomic E-state index is 0.335. The number of nitrogens with zero attached hydrogens (tertiary/aromatic N) is 4. The van der Waals surface area contributed by atoms with Gasteiger partial charge in [-0.05, 0) is 49.3 Å². The van der Waals surface area contributed by atoms with Crippen LogP contribution >= 0.6 is 11.8 Å². The molecule has 102 valence electrons. The Kier molecular flexibility index (Phi) is 4.93. The first-order chi connectivity index (χ1) is 9.20. The molecule has 0 aliphatic carbocycles. The second kappa shape index (κ2) is 6.68. The van der Waals surface area contributed by atoms with Gasteiger partial charge in [-0.2, -0.15) is 5.10 Å². The first-order valence-corrected chi connectivity index (χ1v) is 7.23. The van der Waals surface area contributed by atoms with Crippen LogP contribution in [-0.4, -0.2) is 26.3 Å². The molecule has 0 amide bonds. The highest BCUT2D eigenvalue weighted by Crippen LogP contribution is 2.25. The van der Waals surface area contributed by atoms with Gasteiger partial charge >= 0.3 is 0 Å². The predicted octanol–water partition coefficient (Wildman–Crippen LogP) is 2.42. The fourth-order valence-corrected chi connectivity index (χ4v) is 2.47. The molecule has 2 aromatic rings. The zero-order valence-corrected chi connectivity index (χ0v) is 12.3. The van der Waals surface area contributed by atoms with Crippen molar-refractivity contribution in [1.29, 1.82) is 0 Å². The van der Waals surface area contributed by atoms with Gasteiger partial charge in [-0.25, -0.2) is 14.6 Å². The number of aryl methyl sites for hydroxylation is 1. The maximum atomic E-state index is 4.37. The van der Waals surface area contributed by atoms with E-state index in [9.17, 15) is 0 Å². The first kappa shape index (κ1) is 14.0. The molecule has 19 heavy (non-hydrogen) atoms. The number of rotatable bonds is 6. The summed E-state index contributed by atoms with van der Waals surface area (Å²) in [5.74, 6) is 0. The van der Waals surface area contributed by atoms with Gasteiger partial charge in [0.2, 0.25) is 0 Å². The maximum Gasteiger partial charge on any atom is 0.192 e. The molecule has 1 atom stereocenters. The van der Waals surface area contributed by atoms with Gasteiger partial charge in [-0.3, -0.25) is 0 Å². The Morgan fingerprint density at radius 2 is 2.26 bits per heavy atom. The van der Waals surface area contributed by atoms with Crippen LogP contribution in [-0.2, 0) is 7.05 Å². The van der Waals surface area contributed by atoms with Crippen molar-refractivity contribution in [3.63, 3.8) is 0 Å². The summed E-state index contributed by atoms with van der Waals surface area (Å²) >= 11 is 1.53. The smallest absolute Gasteiger partial charge is 0.192 e. The molecule has 1 N–H and O–H groups in total. The monoisotopic (exact) mass is 277 g/mol. The van der Waals surface area contributed by atoms with Crippen molar-refractivity contribution in [1.82, 2.24) is 25.1 Å². The van der Waals surface area contributed by atoms with Gasteiger partial charge in [0, 0.05) is 19.3 Å². The molecule has 0 fully saturated rings. The van der Waals surface area contributed by atoms with Crippen molar-refractivity contribution in [2.75, 3.05) is 6.54 Å². The van der Waals surface area contributed by atoms with Gasteiger partial charge in [-0.15, -0.1) is 0 Å². The van der Waals surface area contributed by atoms with E-state index in [4.69, 9.17) is 0 Å². The van der Waals surface area contributed by atoms with Crippen LogP contribution in [0.2, 0.25) is 0 Å². The van der Waals surface area contributed by atoms with Crippen molar-refractivity contribution < 1.29 is 0 Å². The molecular weight excluding hydrogens is 258 g/mol. The van der Waals surface area contributed by atoms with Gasteiger partial charge < -0.3 is 5.32 Å². The summed E-state index contributed by atoms with van der Waals surface area (Å²) in [5, 5.41) is 9.32. The van der Waals surface area contributed by atoms with Crippen LogP contribution in [0.15, 0.2) is 34.8 Å². The van der Waals surface area contributed by atoms with Crippen LogP contribution < -0.4 is 5.32 Å². The van der Waals surface area contributed by atoms with Crippen LogP contribution in [0.5, 0.6) is 0 Å². The Hall–Kier alpha value is -1.40. The van der Waals surface area contributed by atoms with E-state index in [0.717, 1.165) is 23.1 Å². The molecule has 2 heterocycles. The molecule has 0 aliphatic heterocycles. The highest BCUT2D eigenvalue weighted by molar-refractivity contribution is 7.99. The van der Waals surface area contributed by atoms with Crippen LogP contribution in [0.1, 0.15) is 31.9 Å². The van der Waals surface area contributed by atoms with E-state index in [0.29, 0.717) is 6.04 Å². The Morgan fingerprint density at radius 3 is 2.95 bits per heavy atom. The average molecular weight is 277 g/mol. The Bertz CT molecular complexity index is 525. The highest BCUT2D eigenvalue weighted by atomic mass is 32.2. The van der Waals surface area contributed by atoms with Gasteiger partial charge in [0.05, 0.1) is 0 Å². The zero-order valence-electron chi connectivity index (χ0n) is 11.5. The second-order valence-electron chi connectivity index (χ2n) is 4.37. The maximum absolute atomic E-state index is 4.37. The summed E-state index contributed by atoms with van der Waals surface area (Å²) in [5.41, 5.74) is 1.24. The van der Waals surface area contributed by atoms with E-state index in [-0.39, 0.29) is 0 Å². The topological polar surface area (TPSA) is 55.6 Å². The van der Waals surface area contributed by atoms with E-state index in [1.54, 1.807) is 11.0 Å². The Labute approximate surface area is 117 Å². The Morgan fingerprint density at radius 1 is 1.42 bits per heavy atom. The van der Waals surface area contributed by atoms with Crippen molar-refractivity contribution in [3.05, 3.63) is 30.2 Å². The highest BCUT2D eigenvalue weighted by Gasteiger charge is 2.08. The molecule has 0 radical (unpaired) electrons. The summed E-state index contributed by atoms with van der Waals surface area (Å²) < 4.78 is 1.75. The van der Waals surface area contributed by atoms with Gasteiger partial charge in [-0.1, -0.05) is 6.92 Å². The molecule has 5 nitrogen and oxygen atoms in total. The van der Waals surface area contributed by atoms with Crippen LogP contribution in [0.3, 0.4) is 0 Å². The quantitative estimate of drug-likeness (QED) is 0.879. The number of pyridine rings is 1. The Balaban J connectivity index is 2.09. The van der Waals surface area contributed by atoms with E-state index in [1.165, 1.54) is 17.3 Å². The van der Waals surface area contributed by atoms with Crippen molar-refractivity contribution in [3.8, 4) is 0 Å². The lowest BCUT2D eigenvalue weighted by Gasteiger charge is -2.14. The second-order valence-corrected chi connectivity index (χ2v) is 5.36. The molecule has 2 aromatic heterocycles. The molecule has 0 bridgehead atoms. The van der Waals surface area contributed by atoms with Gasteiger partial charge in [0.15, 0.2) is 5.16 Å². The van der Waals surface area contributed by atoms with Gasteiger partial charge in [0.25, 0.3) is 0 Å². The number of hydrogen-bond acceptors (Lipinski definition) is 5. The van der Waals surface area contributed by atoms with E-state index in [1.807, 2.05) is 19.3 Å².